The van der Waals surface area contributed by atoms with Gasteiger partial charge in [0.15, 0.2) is 0 Å². The van der Waals surface area contributed by atoms with Crippen molar-refractivity contribution >= 4 is 39.6 Å². The van der Waals surface area contributed by atoms with Gasteiger partial charge < -0.3 is 9.67 Å². The summed E-state index contributed by atoms with van der Waals surface area (Å²) in [5.74, 6) is -1.25. The number of aliphatic hydroxyl groups excluding tert-OH is 1. The van der Waals surface area contributed by atoms with Gasteiger partial charge >= 0.3 is 0 Å². The van der Waals surface area contributed by atoms with E-state index in [1.54, 1.807) is 12.3 Å². The lowest BCUT2D eigenvalue weighted by Gasteiger charge is -2.05. The van der Waals surface area contributed by atoms with Gasteiger partial charge in [-0.15, -0.1) is 0 Å². The number of amides is 2. The first-order valence-corrected chi connectivity index (χ1v) is 9.05. The number of aromatic nitrogens is 1. The van der Waals surface area contributed by atoms with E-state index in [0.29, 0.717) is 18.5 Å². The molecule has 1 aliphatic heterocycles. The fourth-order valence-electron chi connectivity index (χ4n) is 3.69. The van der Waals surface area contributed by atoms with Crippen molar-refractivity contribution < 1.29 is 19.6 Å². The zero-order valence-electron chi connectivity index (χ0n) is 15.3. The Morgan fingerprint density at radius 3 is 2.34 bits per heavy atom. The lowest BCUT2D eigenvalue weighted by atomic mass is 9.95. The largest absolute Gasteiger partial charge is 0.396 e. The summed E-state index contributed by atoms with van der Waals surface area (Å²) < 4.78 is 1.90. The molecule has 2 amide bonds. The summed E-state index contributed by atoms with van der Waals surface area (Å²) in [6.45, 7) is 0.547. The van der Waals surface area contributed by atoms with E-state index in [1.807, 2.05) is 28.8 Å². The van der Waals surface area contributed by atoms with Crippen LogP contribution < -0.4 is 5.32 Å². The molecule has 3 aromatic rings. The van der Waals surface area contributed by atoms with Crippen LogP contribution in [0.4, 0.5) is 5.69 Å². The van der Waals surface area contributed by atoms with Crippen molar-refractivity contribution in [1.29, 1.82) is 0 Å². The van der Waals surface area contributed by atoms with E-state index in [0.717, 1.165) is 10.9 Å². The SMILES string of the molecule is O=C1NC(=O)C(c2cn(CCCO)c3ccccc23)=C1c1ccccc1[N+](=O)[O-]. The average Bonchev–Trinajstić information content (AvgIpc) is 3.22. The lowest BCUT2D eigenvalue weighted by Crippen LogP contribution is -2.22. The first-order valence-electron chi connectivity index (χ1n) is 9.05. The molecule has 0 saturated heterocycles. The van der Waals surface area contributed by atoms with Crippen LogP contribution >= 0.6 is 0 Å². The zero-order valence-corrected chi connectivity index (χ0v) is 15.3. The number of carbonyl (C=O) groups excluding carboxylic acids is 2. The fraction of sp³-hybridized carbons (Fsp3) is 0.143. The molecule has 4 rings (SSSR count). The van der Waals surface area contributed by atoms with Gasteiger partial charge in [0.25, 0.3) is 17.5 Å². The number of para-hydroxylation sites is 2. The number of rotatable bonds is 6. The van der Waals surface area contributed by atoms with Gasteiger partial charge in [0.05, 0.1) is 21.6 Å². The van der Waals surface area contributed by atoms with Crippen molar-refractivity contribution in [2.75, 3.05) is 6.61 Å². The molecule has 2 heterocycles. The number of aliphatic hydroxyl groups is 1. The Hall–Kier alpha value is -3.78. The minimum atomic E-state index is -0.661. The van der Waals surface area contributed by atoms with E-state index in [1.165, 1.54) is 18.2 Å². The predicted octanol–water partition coefficient (Wildman–Crippen LogP) is 2.50. The van der Waals surface area contributed by atoms with Gasteiger partial charge in [0.1, 0.15) is 0 Å². The molecular formula is C21H17N3O5. The highest BCUT2D eigenvalue weighted by molar-refractivity contribution is 6.50. The molecule has 146 valence electrons. The van der Waals surface area contributed by atoms with Crippen molar-refractivity contribution in [3.63, 3.8) is 0 Å². The molecule has 8 heteroatoms. The fourth-order valence-corrected chi connectivity index (χ4v) is 3.69. The highest BCUT2D eigenvalue weighted by Crippen LogP contribution is 2.38. The number of nitrogens with one attached hydrogen (secondary N) is 1. The van der Waals surface area contributed by atoms with Gasteiger partial charge in [-0.25, -0.2) is 0 Å². The zero-order chi connectivity index (χ0) is 20.5. The van der Waals surface area contributed by atoms with Crippen molar-refractivity contribution in [1.82, 2.24) is 9.88 Å². The number of fused-ring (bicyclic) bond motifs is 1. The van der Waals surface area contributed by atoms with Crippen LogP contribution in [0.15, 0.2) is 54.7 Å². The molecule has 1 aromatic heterocycles. The lowest BCUT2D eigenvalue weighted by molar-refractivity contribution is -0.385. The molecule has 0 fully saturated rings. The van der Waals surface area contributed by atoms with Crippen LogP contribution in [0.2, 0.25) is 0 Å². The summed E-state index contributed by atoms with van der Waals surface area (Å²) in [6.07, 6.45) is 2.28. The van der Waals surface area contributed by atoms with Crippen LogP contribution in [0.1, 0.15) is 17.5 Å². The second-order valence-electron chi connectivity index (χ2n) is 6.64. The number of nitro groups is 1. The average molecular weight is 391 g/mol. The number of benzene rings is 2. The maximum atomic E-state index is 12.7. The minimum Gasteiger partial charge on any atom is -0.396 e. The monoisotopic (exact) mass is 391 g/mol. The van der Waals surface area contributed by atoms with Gasteiger partial charge in [-0.3, -0.25) is 25.0 Å². The van der Waals surface area contributed by atoms with Crippen molar-refractivity contribution in [3.8, 4) is 0 Å². The van der Waals surface area contributed by atoms with Crippen molar-refractivity contribution in [2.24, 2.45) is 0 Å². The number of hydrogen-bond acceptors (Lipinski definition) is 5. The number of carbonyl (C=O) groups is 2. The third-order valence-electron chi connectivity index (χ3n) is 4.92. The van der Waals surface area contributed by atoms with Crippen LogP contribution in [0.3, 0.4) is 0 Å². The van der Waals surface area contributed by atoms with E-state index in [-0.39, 0.29) is 29.0 Å². The van der Waals surface area contributed by atoms with Crippen LogP contribution in [0.5, 0.6) is 0 Å². The number of aryl methyl sites for hydroxylation is 1. The molecule has 0 saturated carbocycles. The first-order chi connectivity index (χ1) is 14.0. The molecule has 0 spiro atoms. The number of hydrogen-bond donors (Lipinski definition) is 2. The quantitative estimate of drug-likeness (QED) is 0.381. The van der Waals surface area contributed by atoms with Crippen molar-refractivity contribution in [2.45, 2.75) is 13.0 Å². The van der Waals surface area contributed by atoms with Gasteiger partial charge in [-0.2, -0.15) is 0 Å². The smallest absolute Gasteiger partial charge is 0.277 e. The molecule has 2 aromatic carbocycles. The molecule has 0 unspecified atom stereocenters. The first kappa shape index (κ1) is 18.6. The van der Waals surface area contributed by atoms with Gasteiger partial charge in [-0.1, -0.05) is 30.3 Å². The Balaban J connectivity index is 2.01. The molecule has 1 aliphatic rings. The number of imide groups is 1. The molecule has 0 atom stereocenters. The summed E-state index contributed by atoms with van der Waals surface area (Å²) in [6, 6.07) is 13.3. The molecule has 2 N–H and O–H groups in total. The normalized spacial score (nSPS) is 14.0. The second kappa shape index (κ2) is 7.33. The van der Waals surface area contributed by atoms with E-state index in [4.69, 9.17) is 0 Å². The summed E-state index contributed by atoms with van der Waals surface area (Å²) >= 11 is 0. The number of nitro benzene ring substituents is 1. The molecule has 8 nitrogen and oxygen atoms in total. The summed E-state index contributed by atoms with van der Waals surface area (Å²) in [7, 11) is 0. The topological polar surface area (TPSA) is 114 Å². The Labute approximate surface area is 165 Å². The summed E-state index contributed by atoms with van der Waals surface area (Å²) in [4.78, 5) is 36.2. The van der Waals surface area contributed by atoms with Gasteiger partial charge in [-0.05, 0) is 18.6 Å². The highest BCUT2D eigenvalue weighted by Gasteiger charge is 2.36. The summed E-state index contributed by atoms with van der Waals surface area (Å²) in [5, 5.41) is 23.7. The van der Waals surface area contributed by atoms with Gasteiger partial charge in [0, 0.05) is 41.9 Å². The molecule has 0 radical (unpaired) electrons. The van der Waals surface area contributed by atoms with Crippen LogP contribution in [0, 0.1) is 10.1 Å². The van der Waals surface area contributed by atoms with E-state index >= 15 is 0 Å². The highest BCUT2D eigenvalue weighted by atomic mass is 16.6. The standard InChI is InChI=1S/C21H17N3O5/c25-11-5-10-23-12-15(13-6-1-3-8-16(13)23)19-18(20(26)22-21(19)27)14-7-2-4-9-17(14)24(28)29/h1-4,6-9,12,25H,5,10-11H2,(H,22,26,27). The Bertz CT molecular complexity index is 1190. The van der Waals surface area contributed by atoms with E-state index in [2.05, 4.69) is 5.32 Å². The number of nitrogens with zero attached hydrogens (tertiary/aromatic N) is 2. The molecule has 0 aliphatic carbocycles. The Morgan fingerprint density at radius 2 is 1.62 bits per heavy atom. The molecule has 29 heavy (non-hydrogen) atoms. The van der Waals surface area contributed by atoms with Crippen LogP contribution in [-0.2, 0) is 16.1 Å². The van der Waals surface area contributed by atoms with Crippen molar-refractivity contribution in [3.05, 3.63) is 76.0 Å². The maximum absolute atomic E-state index is 12.7. The van der Waals surface area contributed by atoms with E-state index < -0.39 is 16.7 Å². The Kier molecular flexibility index (Phi) is 4.69. The van der Waals surface area contributed by atoms with Gasteiger partial charge in [0.2, 0.25) is 0 Å². The third kappa shape index (κ3) is 3.09. The third-order valence-corrected chi connectivity index (χ3v) is 4.92. The summed E-state index contributed by atoms with van der Waals surface area (Å²) in [5.41, 5.74) is 1.33. The minimum absolute atomic E-state index is 0.00707. The molecular weight excluding hydrogens is 374 g/mol. The second-order valence-corrected chi connectivity index (χ2v) is 6.64. The Morgan fingerprint density at radius 1 is 0.966 bits per heavy atom. The predicted molar refractivity (Wildman–Crippen MR) is 107 cm³/mol. The maximum Gasteiger partial charge on any atom is 0.277 e. The van der Waals surface area contributed by atoms with Crippen LogP contribution in [0.25, 0.3) is 22.0 Å². The molecule has 0 bridgehead atoms. The van der Waals surface area contributed by atoms with E-state index in [9.17, 15) is 24.8 Å². The van der Waals surface area contributed by atoms with Crippen LogP contribution in [-0.4, -0.2) is 33.0 Å².